The van der Waals surface area contributed by atoms with Gasteiger partial charge < -0.3 is 35.0 Å². The lowest BCUT2D eigenvalue weighted by atomic mass is 9.93. The fraction of sp³-hybridized carbons (Fsp3) is 0.500. The molecular weight excluding hydrogens is 440 g/mol. The van der Waals surface area contributed by atoms with Gasteiger partial charge in [0.1, 0.15) is 23.4 Å². The lowest BCUT2D eigenvalue weighted by Crippen LogP contribution is -2.36. The van der Waals surface area contributed by atoms with Gasteiger partial charge >= 0.3 is 5.97 Å². The van der Waals surface area contributed by atoms with Crippen LogP contribution in [0.25, 0.3) is 0 Å². The standard InChI is InChI=1S/C26H34O8/c1-3-4-5-6-7-8-9-15(2)26(32)34-23-14-18-19(28)12-17(27)13-22(18)33-25(23)16-10-20(29)24(31)21(30)11-16/h10-13,15,23,25,27-31H,3-9,14H2,1-2H3/t15?,23-,25-/m1/s1. The Labute approximate surface area is 199 Å². The first-order chi connectivity index (χ1) is 16.2. The fourth-order valence-corrected chi connectivity index (χ4v) is 4.24. The van der Waals surface area contributed by atoms with Crippen LogP contribution in [0.1, 0.15) is 76.0 Å². The van der Waals surface area contributed by atoms with Crippen molar-refractivity contribution >= 4 is 5.97 Å². The lowest BCUT2D eigenvalue weighted by molar-refractivity contribution is -0.160. The zero-order valence-electron chi connectivity index (χ0n) is 19.7. The molecule has 1 aliphatic heterocycles. The van der Waals surface area contributed by atoms with Crippen molar-refractivity contribution in [1.82, 2.24) is 0 Å². The van der Waals surface area contributed by atoms with Crippen molar-refractivity contribution in [1.29, 1.82) is 0 Å². The number of carbonyl (C=O) groups excluding carboxylic acids is 1. The fourth-order valence-electron chi connectivity index (χ4n) is 4.24. The summed E-state index contributed by atoms with van der Waals surface area (Å²) >= 11 is 0. The molecule has 0 fully saturated rings. The Bertz CT molecular complexity index is 980. The molecule has 1 heterocycles. The van der Waals surface area contributed by atoms with Crippen molar-refractivity contribution in [2.24, 2.45) is 5.92 Å². The Hall–Kier alpha value is -3.29. The molecule has 8 nitrogen and oxygen atoms in total. The van der Waals surface area contributed by atoms with Gasteiger partial charge in [0.25, 0.3) is 0 Å². The number of phenolic OH excluding ortho intramolecular Hbond substituents is 5. The highest BCUT2D eigenvalue weighted by Crippen LogP contribution is 2.45. The molecule has 3 atom stereocenters. The molecule has 34 heavy (non-hydrogen) atoms. The van der Waals surface area contributed by atoms with Crippen molar-refractivity contribution in [3.63, 3.8) is 0 Å². The molecule has 5 N–H and O–H groups in total. The largest absolute Gasteiger partial charge is 0.508 e. The molecule has 186 valence electrons. The minimum Gasteiger partial charge on any atom is -0.508 e. The van der Waals surface area contributed by atoms with E-state index >= 15 is 0 Å². The van der Waals surface area contributed by atoms with Crippen LogP contribution in [0.2, 0.25) is 0 Å². The number of aromatic hydroxyl groups is 5. The maximum atomic E-state index is 12.9. The number of unbranched alkanes of at least 4 members (excludes halogenated alkanes) is 5. The highest BCUT2D eigenvalue weighted by molar-refractivity contribution is 5.72. The first-order valence-corrected chi connectivity index (χ1v) is 11.9. The van der Waals surface area contributed by atoms with Crippen LogP contribution in [0.15, 0.2) is 24.3 Å². The van der Waals surface area contributed by atoms with Crippen LogP contribution in [-0.2, 0) is 16.0 Å². The number of phenols is 5. The normalized spacial score (nSPS) is 18.1. The molecule has 0 radical (unpaired) electrons. The first-order valence-electron chi connectivity index (χ1n) is 11.9. The summed E-state index contributed by atoms with van der Waals surface area (Å²) in [4.78, 5) is 12.9. The molecule has 1 unspecified atom stereocenters. The molecule has 8 heteroatoms. The number of esters is 1. The average molecular weight is 475 g/mol. The molecule has 0 spiro atoms. The molecule has 0 bridgehead atoms. The molecular formula is C26H34O8. The minimum atomic E-state index is -0.948. The van der Waals surface area contributed by atoms with Crippen molar-refractivity contribution in [3.8, 4) is 34.5 Å². The number of hydrogen-bond donors (Lipinski definition) is 5. The summed E-state index contributed by atoms with van der Waals surface area (Å²) in [6, 6.07) is 4.95. The van der Waals surface area contributed by atoms with Gasteiger partial charge in [0.15, 0.2) is 23.4 Å². The molecule has 2 aromatic carbocycles. The van der Waals surface area contributed by atoms with Gasteiger partial charge in [-0.1, -0.05) is 52.4 Å². The molecule has 0 aromatic heterocycles. The van der Waals surface area contributed by atoms with Crippen LogP contribution in [0, 0.1) is 5.92 Å². The summed E-state index contributed by atoms with van der Waals surface area (Å²) in [6.07, 6.45) is 5.70. The molecule has 0 saturated carbocycles. The van der Waals surface area contributed by atoms with E-state index in [0.29, 0.717) is 12.0 Å². The summed E-state index contributed by atoms with van der Waals surface area (Å²) in [6.45, 7) is 3.98. The zero-order valence-corrected chi connectivity index (χ0v) is 19.7. The SMILES string of the molecule is CCCCCCCCC(C)C(=O)O[C@@H]1Cc2c(O)cc(O)cc2O[C@@H]1c1cc(O)c(O)c(O)c1. The van der Waals surface area contributed by atoms with Gasteiger partial charge in [-0.3, -0.25) is 4.79 Å². The van der Waals surface area contributed by atoms with Crippen molar-refractivity contribution in [3.05, 3.63) is 35.4 Å². The van der Waals surface area contributed by atoms with Gasteiger partial charge in [0.05, 0.1) is 5.92 Å². The van der Waals surface area contributed by atoms with Crippen LogP contribution in [0.5, 0.6) is 34.5 Å². The maximum absolute atomic E-state index is 12.9. The van der Waals surface area contributed by atoms with Crippen LogP contribution >= 0.6 is 0 Å². The van der Waals surface area contributed by atoms with Gasteiger partial charge in [-0.05, 0) is 18.6 Å². The van der Waals surface area contributed by atoms with Gasteiger partial charge in [-0.2, -0.15) is 0 Å². The van der Waals surface area contributed by atoms with Crippen LogP contribution < -0.4 is 4.74 Å². The molecule has 0 amide bonds. The second-order valence-electron chi connectivity index (χ2n) is 9.02. The van der Waals surface area contributed by atoms with E-state index in [9.17, 15) is 30.3 Å². The van der Waals surface area contributed by atoms with E-state index in [1.165, 1.54) is 43.5 Å². The molecule has 2 aromatic rings. The molecule has 0 saturated heterocycles. The summed E-state index contributed by atoms with van der Waals surface area (Å²) < 4.78 is 11.8. The summed E-state index contributed by atoms with van der Waals surface area (Å²) in [5.41, 5.74) is 0.644. The quantitative estimate of drug-likeness (QED) is 0.180. The van der Waals surface area contributed by atoms with Crippen molar-refractivity contribution in [2.45, 2.75) is 77.4 Å². The number of benzene rings is 2. The topological polar surface area (TPSA) is 137 Å². The van der Waals surface area contributed by atoms with E-state index in [1.807, 2.05) is 6.92 Å². The van der Waals surface area contributed by atoms with Gasteiger partial charge in [0, 0.05) is 29.7 Å². The number of ether oxygens (including phenoxy) is 2. The van der Waals surface area contributed by atoms with E-state index in [0.717, 1.165) is 19.3 Å². The average Bonchev–Trinajstić information content (AvgIpc) is 2.79. The Kier molecular flexibility index (Phi) is 8.36. The van der Waals surface area contributed by atoms with Gasteiger partial charge in [-0.25, -0.2) is 0 Å². The highest BCUT2D eigenvalue weighted by Gasteiger charge is 2.37. The van der Waals surface area contributed by atoms with E-state index < -0.39 is 35.4 Å². The van der Waals surface area contributed by atoms with Crippen LogP contribution in [-0.4, -0.2) is 37.6 Å². The first kappa shape index (κ1) is 25.3. The maximum Gasteiger partial charge on any atom is 0.309 e. The molecule has 3 rings (SSSR count). The minimum absolute atomic E-state index is 0.101. The van der Waals surface area contributed by atoms with Gasteiger partial charge in [0.2, 0.25) is 0 Å². The summed E-state index contributed by atoms with van der Waals surface area (Å²) in [5.74, 6) is -2.70. The van der Waals surface area contributed by atoms with E-state index in [-0.39, 0.29) is 35.2 Å². The third-order valence-corrected chi connectivity index (χ3v) is 6.25. The zero-order chi connectivity index (χ0) is 24.8. The van der Waals surface area contributed by atoms with E-state index in [1.54, 1.807) is 0 Å². The second kappa shape index (κ2) is 11.2. The predicted molar refractivity (Wildman–Crippen MR) is 125 cm³/mol. The smallest absolute Gasteiger partial charge is 0.309 e. The number of hydrogen-bond acceptors (Lipinski definition) is 8. The highest BCUT2D eigenvalue weighted by atomic mass is 16.6. The third kappa shape index (κ3) is 5.98. The second-order valence-corrected chi connectivity index (χ2v) is 9.02. The summed E-state index contributed by atoms with van der Waals surface area (Å²) in [7, 11) is 0. The Balaban J connectivity index is 1.77. The summed E-state index contributed by atoms with van der Waals surface area (Å²) in [5, 5.41) is 49.8. The Morgan fingerprint density at radius 1 is 0.971 bits per heavy atom. The number of fused-ring (bicyclic) bond motifs is 1. The van der Waals surface area contributed by atoms with Crippen LogP contribution in [0.3, 0.4) is 0 Å². The van der Waals surface area contributed by atoms with E-state index in [4.69, 9.17) is 9.47 Å². The van der Waals surface area contributed by atoms with Crippen LogP contribution in [0.4, 0.5) is 0 Å². The third-order valence-electron chi connectivity index (χ3n) is 6.25. The van der Waals surface area contributed by atoms with Gasteiger partial charge in [-0.15, -0.1) is 0 Å². The Morgan fingerprint density at radius 2 is 1.62 bits per heavy atom. The molecule has 0 aliphatic carbocycles. The monoisotopic (exact) mass is 474 g/mol. The van der Waals surface area contributed by atoms with E-state index in [2.05, 4.69) is 6.92 Å². The number of carbonyl (C=O) groups is 1. The van der Waals surface area contributed by atoms with Crippen molar-refractivity contribution < 1.29 is 39.8 Å². The Morgan fingerprint density at radius 3 is 2.29 bits per heavy atom. The van der Waals surface area contributed by atoms with Crippen molar-refractivity contribution in [2.75, 3.05) is 0 Å². The lowest BCUT2D eigenvalue weighted by Gasteiger charge is -2.34. The molecule has 1 aliphatic rings. The predicted octanol–water partition coefficient (Wildman–Crippen LogP) is 5.19. The number of rotatable bonds is 10.